The average Bonchev–Trinajstić information content (AvgIpc) is 3.42. The Balaban J connectivity index is 1.30. The summed E-state index contributed by atoms with van der Waals surface area (Å²) in [4.78, 5) is 37.5. The van der Waals surface area contributed by atoms with Crippen molar-refractivity contribution in [1.29, 1.82) is 0 Å². The molecule has 4 heterocycles. The van der Waals surface area contributed by atoms with Gasteiger partial charge in [0.25, 0.3) is 5.91 Å². The zero-order chi connectivity index (χ0) is 25.1. The predicted octanol–water partition coefficient (Wildman–Crippen LogP) is 4.98. The molecule has 1 aromatic carbocycles. The smallest absolute Gasteiger partial charge is 0.328 e. The van der Waals surface area contributed by atoms with E-state index < -0.39 is 5.54 Å². The van der Waals surface area contributed by atoms with Gasteiger partial charge in [0, 0.05) is 31.7 Å². The van der Waals surface area contributed by atoms with Gasteiger partial charge >= 0.3 is 6.03 Å². The van der Waals surface area contributed by atoms with Crippen LogP contribution in [-0.4, -0.2) is 56.8 Å². The fraction of sp³-hybridized carbons (Fsp3) is 0.414. The van der Waals surface area contributed by atoms with E-state index in [0.29, 0.717) is 25.3 Å². The highest BCUT2D eigenvalue weighted by Gasteiger charge is 2.57. The maximum Gasteiger partial charge on any atom is 0.328 e. The minimum Gasteiger partial charge on any atom is -0.466 e. The fourth-order valence-corrected chi connectivity index (χ4v) is 5.43. The molecular weight excluding hydrogens is 452 g/mol. The van der Waals surface area contributed by atoms with Gasteiger partial charge in [-0.15, -0.1) is 0 Å². The number of benzene rings is 1. The first kappa shape index (κ1) is 24.3. The Bertz CT molecular complexity index is 1190. The highest BCUT2D eigenvalue weighted by Crippen LogP contribution is 2.39. The number of carbonyl (C=O) groups is 2. The highest BCUT2D eigenvalue weighted by atomic mass is 16.3. The molecule has 7 nitrogen and oxygen atoms in total. The first-order valence-electron chi connectivity index (χ1n) is 12.8. The highest BCUT2D eigenvalue weighted by molar-refractivity contribution is 6.07. The summed E-state index contributed by atoms with van der Waals surface area (Å²) in [6.07, 6.45) is 3.96. The lowest BCUT2D eigenvalue weighted by Crippen LogP contribution is -2.56. The number of hydrogen-bond donors (Lipinski definition) is 0. The number of rotatable bonds is 8. The molecule has 5 rings (SSSR count). The number of imide groups is 1. The Kier molecular flexibility index (Phi) is 6.92. The molecule has 36 heavy (non-hydrogen) atoms. The van der Waals surface area contributed by atoms with E-state index >= 15 is 0 Å². The fourth-order valence-electron chi connectivity index (χ4n) is 5.43. The Labute approximate surface area is 212 Å². The van der Waals surface area contributed by atoms with Gasteiger partial charge in [-0.1, -0.05) is 43.3 Å². The summed E-state index contributed by atoms with van der Waals surface area (Å²) in [6.45, 7) is 7.31. The van der Waals surface area contributed by atoms with Gasteiger partial charge in [0.2, 0.25) is 0 Å². The number of pyridine rings is 1. The van der Waals surface area contributed by atoms with Crippen molar-refractivity contribution in [2.45, 2.75) is 57.7 Å². The van der Waals surface area contributed by atoms with Crippen LogP contribution >= 0.6 is 0 Å². The Hall–Kier alpha value is -3.45. The van der Waals surface area contributed by atoms with Crippen molar-refractivity contribution < 1.29 is 14.0 Å². The van der Waals surface area contributed by atoms with Crippen molar-refractivity contribution in [3.63, 3.8) is 0 Å². The molecule has 0 saturated carbocycles. The molecule has 188 valence electrons. The van der Waals surface area contributed by atoms with Crippen LogP contribution in [-0.2, 0) is 17.9 Å². The third kappa shape index (κ3) is 4.80. The number of nitrogens with zero attached hydrogens (tertiary/aromatic N) is 4. The van der Waals surface area contributed by atoms with Gasteiger partial charge in [0.1, 0.15) is 17.1 Å². The second-order valence-electron chi connectivity index (χ2n) is 10.1. The van der Waals surface area contributed by atoms with Crippen LogP contribution in [0, 0.1) is 6.92 Å². The maximum absolute atomic E-state index is 13.9. The number of urea groups is 1. The molecule has 2 aliphatic rings. The molecule has 2 fully saturated rings. The molecule has 2 aliphatic heterocycles. The molecule has 1 spiro atoms. The topological polar surface area (TPSA) is 69.9 Å². The van der Waals surface area contributed by atoms with Gasteiger partial charge in [-0.2, -0.15) is 0 Å². The van der Waals surface area contributed by atoms with Crippen molar-refractivity contribution >= 4 is 11.9 Å². The number of carbonyl (C=O) groups excluding carboxylic acids is 2. The van der Waals surface area contributed by atoms with Gasteiger partial charge in [0.15, 0.2) is 0 Å². The monoisotopic (exact) mass is 486 g/mol. The molecule has 2 aromatic heterocycles. The number of hydrogen-bond acceptors (Lipinski definition) is 5. The molecule has 2 saturated heterocycles. The zero-order valence-electron chi connectivity index (χ0n) is 21.1. The van der Waals surface area contributed by atoms with E-state index in [4.69, 9.17) is 4.42 Å². The van der Waals surface area contributed by atoms with E-state index in [9.17, 15) is 9.59 Å². The van der Waals surface area contributed by atoms with Crippen molar-refractivity contribution in [1.82, 2.24) is 19.7 Å². The lowest BCUT2D eigenvalue weighted by Gasteiger charge is -2.42. The quantitative estimate of drug-likeness (QED) is 0.420. The van der Waals surface area contributed by atoms with E-state index in [-0.39, 0.29) is 18.5 Å². The van der Waals surface area contributed by atoms with E-state index in [1.807, 2.05) is 66.4 Å². The minimum atomic E-state index is -0.804. The summed E-state index contributed by atoms with van der Waals surface area (Å²) < 4.78 is 5.80. The molecule has 7 heteroatoms. The SMILES string of the molecule is Cc1ccc([C@H](C)CCN2CCC3(CC2)C(=O)N(Cc2ccccn2)C(=O)N3Cc2ccccc2)o1. The largest absolute Gasteiger partial charge is 0.466 e. The van der Waals surface area contributed by atoms with E-state index in [2.05, 4.69) is 22.9 Å². The van der Waals surface area contributed by atoms with Crippen molar-refractivity contribution in [3.8, 4) is 0 Å². The molecule has 3 aromatic rings. The number of piperidine rings is 1. The van der Waals surface area contributed by atoms with Gasteiger partial charge in [0.05, 0.1) is 12.2 Å². The molecule has 1 atom stereocenters. The van der Waals surface area contributed by atoms with E-state index in [0.717, 1.165) is 48.8 Å². The third-order valence-electron chi connectivity index (χ3n) is 7.66. The number of furan rings is 1. The Morgan fingerprint density at radius 1 is 0.972 bits per heavy atom. The number of aromatic nitrogens is 1. The summed E-state index contributed by atoms with van der Waals surface area (Å²) in [5.74, 6) is 2.22. The van der Waals surface area contributed by atoms with Gasteiger partial charge < -0.3 is 14.2 Å². The van der Waals surface area contributed by atoms with Crippen molar-refractivity contribution in [3.05, 3.63) is 89.6 Å². The lowest BCUT2D eigenvalue weighted by atomic mass is 9.85. The van der Waals surface area contributed by atoms with Crippen LogP contribution in [0.5, 0.6) is 0 Å². The second-order valence-corrected chi connectivity index (χ2v) is 10.1. The summed E-state index contributed by atoms with van der Waals surface area (Å²) in [5.41, 5.74) is 0.945. The standard InChI is InChI=1S/C29H34N4O3/c1-22(26-12-11-23(2)36-26)13-17-31-18-14-29(15-19-31)27(34)32(21-25-10-6-7-16-30-25)28(35)33(29)20-24-8-4-3-5-9-24/h3-12,16,22H,13-15,17-21H2,1-2H3/t22-/m1/s1. The molecule has 0 aliphatic carbocycles. The Morgan fingerprint density at radius 2 is 1.72 bits per heavy atom. The summed E-state index contributed by atoms with van der Waals surface area (Å²) >= 11 is 0. The normalized spacial score (nSPS) is 18.8. The van der Waals surface area contributed by atoms with Gasteiger partial charge in [-0.25, -0.2) is 4.79 Å². The summed E-state index contributed by atoms with van der Waals surface area (Å²) in [7, 11) is 0. The third-order valence-corrected chi connectivity index (χ3v) is 7.66. The maximum atomic E-state index is 13.9. The average molecular weight is 487 g/mol. The van der Waals surface area contributed by atoms with Crippen LogP contribution < -0.4 is 0 Å². The first-order chi connectivity index (χ1) is 17.5. The van der Waals surface area contributed by atoms with Crippen LogP contribution in [0.4, 0.5) is 4.79 Å². The first-order valence-corrected chi connectivity index (χ1v) is 12.8. The molecule has 0 bridgehead atoms. The number of likely N-dealkylation sites (tertiary alicyclic amines) is 1. The van der Waals surface area contributed by atoms with Crippen LogP contribution in [0.1, 0.15) is 54.9 Å². The van der Waals surface area contributed by atoms with Crippen LogP contribution in [0.3, 0.4) is 0 Å². The van der Waals surface area contributed by atoms with Crippen LogP contribution in [0.15, 0.2) is 71.3 Å². The molecule has 0 N–H and O–H groups in total. The predicted molar refractivity (Wildman–Crippen MR) is 137 cm³/mol. The van der Waals surface area contributed by atoms with E-state index in [1.165, 1.54) is 4.90 Å². The minimum absolute atomic E-state index is 0.0897. The van der Waals surface area contributed by atoms with Crippen LogP contribution in [0.2, 0.25) is 0 Å². The lowest BCUT2D eigenvalue weighted by molar-refractivity contribution is -0.136. The molecule has 3 amide bonds. The number of aryl methyl sites for hydroxylation is 1. The number of amides is 3. The van der Waals surface area contributed by atoms with Crippen molar-refractivity contribution in [2.75, 3.05) is 19.6 Å². The van der Waals surface area contributed by atoms with E-state index in [1.54, 1.807) is 6.20 Å². The van der Waals surface area contributed by atoms with Gasteiger partial charge in [-0.05, 0) is 62.6 Å². The zero-order valence-corrected chi connectivity index (χ0v) is 21.1. The summed E-state index contributed by atoms with van der Waals surface area (Å²) in [5, 5.41) is 0. The molecular formula is C29H34N4O3. The van der Waals surface area contributed by atoms with Gasteiger partial charge in [-0.3, -0.25) is 14.7 Å². The second kappa shape index (κ2) is 10.3. The van der Waals surface area contributed by atoms with Crippen molar-refractivity contribution in [2.24, 2.45) is 0 Å². The summed E-state index contributed by atoms with van der Waals surface area (Å²) in [6, 6.07) is 19.4. The molecule has 0 radical (unpaired) electrons. The van der Waals surface area contributed by atoms with Crippen LogP contribution in [0.25, 0.3) is 0 Å². The molecule has 0 unspecified atom stereocenters. The Morgan fingerprint density at radius 3 is 2.39 bits per heavy atom.